The van der Waals surface area contributed by atoms with Gasteiger partial charge in [0, 0.05) is 11.3 Å². The molecule has 0 aliphatic carbocycles. The molecular formula is C26H22FIN2O3. The average molecular weight is 556 g/mol. The molecule has 0 bridgehead atoms. The molecule has 0 aliphatic rings. The predicted molar refractivity (Wildman–Crippen MR) is 134 cm³/mol. The first-order chi connectivity index (χ1) is 15.9. The lowest BCUT2D eigenvalue weighted by Crippen LogP contribution is -2.13. The van der Waals surface area contributed by atoms with E-state index in [4.69, 9.17) is 9.47 Å². The van der Waals surface area contributed by atoms with E-state index in [0.29, 0.717) is 38.5 Å². The van der Waals surface area contributed by atoms with E-state index in [2.05, 4.69) is 27.9 Å². The Kier molecular flexibility index (Phi) is 8.44. The van der Waals surface area contributed by atoms with E-state index < -0.39 is 5.91 Å². The van der Waals surface area contributed by atoms with Gasteiger partial charge in [0.1, 0.15) is 24.1 Å². The number of hydrogen-bond acceptors (Lipinski definition) is 4. The van der Waals surface area contributed by atoms with Gasteiger partial charge in [-0.15, -0.1) is 0 Å². The van der Waals surface area contributed by atoms with E-state index in [1.54, 1.807) is 36.4 Å². The van der Waals surface area contributed by atoms with Crippen molar-refractivity contribution in [3.63, 3.8) is 0 Å². The van der Waals surface area contributed by atoms with E-state index >= 15 is 0 Å². The highest BCUT2D eigenvalue weighted by molar-refractivity contribution is 14.1. The van der Waals surface area contributed by atoms with Gasteiger partial charge >= 0.3 is 0 Å². The molecule has 0 spiro atoms. The molecule has 0 fully saturated rings. The number of benzene rings is 3. The molecule has 0 aliphatic heterocycles. The highest BCUT2D eigenvalue weighted by atomic mass is 127. The van der Waals surface area contributed by atoms with Gasteiger partial charge in [0.25, 0.3) is 5.91 Å². The standard InChI is InChI=1S/C26H22FIN2O3/c1-3-32-24-14-18(12-20(15-29)26(31)30-21-9-6-7-17(2)11-21)13-23(28)25(24)33-16-19-8-4-5-10-22(19)27/h4-14H,3,16H2,1-2H3,(H,30,31)/b20-12+. The second-order valence-corrected chi connectivity index (χ2v) is 8.30. The third-order valence-electron chi connectivity index (χ3n) is 4.61. The molecule has 1 amide bonds. The lowest BCUT2D eigenvalue weighted by Gasteiger charge is -2.15. The third-order valence-corrected chi connectivity index (χ3v) is 5.41. The first kappa shape index (κ1) is 24.3. The minimum Gasteiger partial charge on any atom is -0.490 e. The van der Waals surface area contributed by atoms with Crippen molar-refractivity contribution in [1.29, 1.82) is 5.26 Å². The molecule has 0 saturated heterocycles. The first-order valence-electron chi connectivity index (χ1n) is 10.2. The Morgan fingerprint density at radius 1 is 1.15 bits per heavy atom. The third kappa shape index (κ3) is 6.56. The number of nitriles is 1. The number of carbonyl (C=O) groups excluding carboxylic acids is 1. The largest absolute Gasteiger partial charge is 0.490 e. The van der Waals surface area contributed by atoms with Crippen LogP contribution in [-0.4, -0.2) is 12.5 Å². The highest BCUT2D eigenvalue weighted by Gasteiger charge is 2.15. The van der Waals surface area contributed by atoms with Crippen LogP contribution in [0.4, 0.5) is 10.1 Å². The van der Waals surface area contributed by atoms with Gasteiger partial charge in [-0.2, -0.15) is 5.26 Å². The number of rotatable bonds is 8. The van der Waals surface area contributed by atoms with E-state index in [0.717, 1.165) is 5.56 Å². The summed E-state index contributed by atoms with van der Waals surface area (Å²) in [4.78, 5) is 12.6. The minimum absolute atomic E-state index is 0.0419. The summed E-state index contributed by atoms with van der Waals surface area (Å²) in [6.45, 7) is 4.19. The average Bonchev–Trinajstić information content (AvgIpc) is 2.78. The molecule has 0 heterocycles. The SMILES string of the molecule is CCOc1cc(/C=C(\C#N)C(=O)Nc2cccc(C)c2)cc(I)c1OCc1ccccc1F. The topological polar surface area (TPSA) is 71.3 Å². The van der Waals surface area contributed by atoms with Gasteiger partial charge in [-0.1, -0.05) is 30.3 Å². The lowest BCUT2D eigenvalue weighted by atomic mass is 10.1. The Balaban J connectivity index is 1.86. The van der Waals surface area contributed by atoms with Crippen molar-refractivity contribution in [3.8, 4) is 17.6 Å². The van der Waals surface area contributed by atoms with Crippen molar-refractivity contribution >= 4 is 40.3 Å². The number of halogens is 2. The molecule has 5 nitrogen and oxygen atoms in total. The highest BCUT2D eigenvalue weighted by Crippen LogP contribution is 2.35. The summed E-state index contributed by atoms with van der Waals surface area (Å²) in [5.74, 6) is 0.0724. The van der Waals surface area contributed by atoms with Gasteiger partial charge in [0.05, 0.1) is 10.2 Å². The number of hydrogen-bond donors (Lipinski definition) is 1. The molecule has 0 radical (unpaired) electrons. The van der Waals surface area contributed by atoms with E-state index in [1.807, 2.05) is 38.1 Å². The fourth-order valence-electron chi connectivity index (χ4n) is 3.08. The second kappa shape index (κ2) is 11.5. The Labute approximate surface area is 206 Å². The molecule has 3 rings (SSSR count). The van der Waals surface area contributed by atoms with Gasteiger partial charge < -0.3 is 14.8 Å². The molecule has 3 aromatic carbocycles. The van der Waals surface area contributed by atoms with Crippen molar-refractivity contribution < 1.29 is 18.7 Å². The zero-order valence-corrected chi connectivity index (χ0v) is 20.4. The van der Waals surface area contributed by atoms with Crippen molar-refractivity contribution in [3.05, 3.63) is 92.3 Å². The van der Waals surface area contributed by atoms with Crippen molar-refractivity contribution in [2.24, 2.45) is 0 Å². The van der Waals surface area contributed by atoms with E-state index in [-0.39, 0.29) is 18.0 Å². The van der Waals surface area contributed by atoms with Crippen LogP contribution in [0.3, 0.4) is 0 Å². The number of ether oxygens (including phenoxy) is 2. The predicted octanol–water partition coefficient (Wildman–Crippen LogP) is 6.26. The molecule has 33 heavy (non-hydrogen) atoms. The maximum Gasteiger partial charge on any atom is 0.266 e. The number of nitrogens with one attached hydrogen (secondary N) is 1. The summed E-state index contributed by atoms with van der Waals surface area (Å²) in [6.07, 6.45) is 1.50. The van der Waals surface area contributed by atoms with Crippen LogP contribution >= 0.6 is 22.6 Å². The summed E-state index contributed by atoms with van der Waals surface area (Å²) < 4.78 is 26.3. The Hall–Kier alpha value is -3.38. The molecule has 3 aromatic rings. The number of amides is 1. The van der Waals surface area contributed by atoms with Crippen LogP contribution in [0.15, 0.2) is 66.2 Å². The quantitative estimate of drug-likeness (QED) is 0.202. The maximum atomic E-state index is 14.0. The number of aryl methyl sites for hydroxylation is 1. The summed E-state index contributed by atoms with van der Waals surface area (Å²) in [5.41, 5.74) is 2.60. The molecule has 0 saturated carbocycles. The normalized spacial score (nSPS) is 10.9. The fraction of sp³-hybridized carbons (Fsp3) is 0.154. The van der Waals surface area contributed by atoms with Crippen LogP contribution in [-0.2, 0) is 11.4 Å². The Morgan fingerprint density at radius 3 is 2.64 bits per heavy atom. The summed E-state index contributed by atoms with van der Waals surface area (Å²) >= 11 is 2.09. The number of nitrogens with zero attached hydrogens (tertiary/aromatic N) is 1. The van der Waals surface area contributed by atoms with Crippen LogP contribution in [0.25, 0.3) is 6.08 Å². The monoisotopic (exact) mass is 556 g/mol. The van der Waals surface area contributed by atoms with Crippen molar-refractivity contribution in [2.45, 2.75) is 20.5 Å². The molecule has 0 aromatic heterocycles. The lowest BCUT2D eigenvalue weighted by molar-refractivity contribution is -0.112. The van der Waals surface area contributed by atoms with Gasteiger partial charge in [-0.3, -0.25) is 4.79 Å². The zero-order valence-electron chi connectivity index (χ0n) is 18.2. The molecular weight excluding hydrogens is 534 g/mol. The summed E-state index contributed by atoms with van der Waals surface area (Å²) in [5, 5.41) is 12.3. The molecule has 0 unspecified atom stereocenters. The van der Waals surface area contributed by atoms with Crippen LogP contribution in [0.1, 0.15) is 23.6 Å². The second-order valence-electron chi connectivity index (χ2n) is 7.14. The zero-order chi connectivity index (χ0) is 23.8. The molecule has 7 heteroatoms. The van der Waals surface area contributed by atoms with E-state index in [9.17, 15) is 14.4 Å². The maximum absolute atomic E-state index is 14.0. The van der Waals surface area contributed by atoms with Crippen molar-refractivity contribution in [2.75, 3.05) is 11.9 Å². The van der Waals surface area contributed by atoms with Crippen LogP contribution in [0, 0.1) is 27.6 Å². The van der Waals surface area contributed by atoms with Crippen molar-refractivity contribution in [1.82, 2.24) is 0 Å². The van der Waals surface area contributed by atoms with Gasteiger partial charge in [0.15, 0.2) is 11.5 Å². The molecule has 0 atom stereocenters. The van der Waals surface area contributed by atoms with Gasteiger partial charge in [-0.25, -0.2) is 4.39 Å². The van der Waals surface area contributed by atoms with Crippen LogP contribution in [0.2, 0.25) is 0 Å². The molecule has 1 N–H and O–H groups in total. The minimum atomic E-state index is -0.504. The number of carbonyl (C=O) groups is 1. The molecule has 168 valence electrons. The Morgan fingerprint density at radius 2 is 1.94 bits per heavy atom. The van der Waals surface area contributed by atoms with Crippen LogP contribution in [0.5, 0.6) is 11.5 Å². The summed E-state index contributed by atoms with van der Waals surface area (Å²) in [7, 11) is 0. The fourth-order valence-corrected chi connectivity index (χ4v) is 3.86. The first-order valence-corrected chi connectivity index (χ1v) is 11.3. The van der Waals surface area contributed by atoms with Crippen LogP contribution < -0.4 is 14.8 Å². The van der Waals surface area contributed by atoms with Gasteiger partial charge in [0.2, 0.25) is 0 Å². The smallest absolute Gasteiger partial charge is 0.266 e. The van der Waals surface area contributed by atoms with E-state index in [1.165, 1.54) is 12.1 Å². The summed E-state index contributed by atoms with van der Waals surface area (Å²) in [6, 6.07) is 19.2. The van der Waals surface area contributed by atoms with Gasteiger partial charge in [-0.05, 0) is 84.0 Å². The number of anilines is 1. The Bertz CT molecular complexity index is 1230.